The summed E-state index contributed by atoms with van der Waals surface area (Å²) in [6.45, 7) is 2.03. The first-order chi connectivity index (χ1) is 10.1. The van der Waals surface area contributed by atoms with Crippen molar-refractivity contribution in [2.75, 3.05) is 5.73 Å². The van der Waals surface area contributed by atoms with Gasteiger partial charge in [-0.05, 0) is 42.8 Å². The largest absolute Gasteiger partial charge is 0.369 e. The van der Waals surface area contributed by atoms with Crippen molar-refractivity contribution in [1.29, 1.82) is 5.26 Å². The predicted molar refractivity (Wildman–Crippen MR) is 84.1 cm³/mol. The van der Waals surface area contributed by atoms with Crippen LogP contribution >= 0.6 is 11.6 Å². The van der Waals surface area contributed by atoms with Gasteiger partial charge in [-0.1, -0.05) is 23.7 Å². The van der Waals surface area contributed by atoms with E-state index in [0.29, 0.717) is 16.5 Å². The SMILES string of the molecule is CC(c1cccc(Cl)c1)n1c(N)nc2ccc(C#N)cc21. The Morgan fingerprint density at radius 2 is 2.10 bits per heavy atom. The molecule has 0 spiro atoms. The third-order valence-electron chi connectivity index (χ3n) is 3.56. The van der Waals surface area contributed by atoms with Crippen molar-refractivity contribution in [2.45, 2.75) is 13.0 Å². The number of aromatic nitrogens is 2. The van der Waals surface area contributed by atoms with Crippen LogP contribution in [0.15, 0.2) is 42.5 Å². The van der Waals surface area contributed by atoms with Gasteiger partial charge in [0.05, 0.1) is 28.7 Å². The lowest BCUT2D eigenvalue weighted by atomic mass is 10.1. The molecule has 0 fully saturated rings. The van der Waals surface area contributed by atoms with Crippen molar-refractivity contribution >= 4 is 28.6 Å². The Balaban J connectivity index is 2.19. The van der Waals surface area contributed by atoms with E-state index in [-0.39, 0.29) is 6.04 Å². The van der Waals surface area contributed by atoms with Crippen molar-refractivity contribution in [2.24, 2.45) is 0 Å². The van der Waals surface area contributed by atoms with Crippen LogP contribution in [-0.2, 0) is 0 Å². The molecule has 0 saturated carbocycles. The number of hydrogen-bond donors (Lipinski definition) is 1. The molecule has 0 aliphatic carbocycles. The van der Waals surface area contributed by atoms with Gasteiger partial charge in [0.2, 0.25) is 5.95 Å². The predicted octanol–water partition coefficient (Wildman–Crippen LogP) is 3.75. The molecule has 0 amide bonds. The summed E-state index contributed by atoms with van der Waals surface area (Å²) >= 11 is 6.06. The van der Waals surface area contributed by atoms with E-state index < -0.39 is 0 Å². The normalized spacial score (nSPS) is 12.2. The molecule has 0 bridgehead atoms. The van der Waals surface area contributed by atoms with Gasteiger partial charge in [-0.3, -0.25) is 0 Å². The van der Waals surface area contributed by atoms with E-state index in [4.69, 9.17) is 22.6 Å². The quantitative estimate of drug-likeness (QED) is 0.783. The Labute approximate surface area is 127 Å². The molecule has 5 heteroatoms. The molecular weight excluding hydrogens is 284 g/mol. The zero-order chi connectivity index (χ0) is 15.0. The highest BCUT2D eigenvalue weighted by Crippen LogP contribution is 2.28. The fourth-order valence-electron chi connectivity index (χ4n) is 2.50. The van der Waals surface area contributed by atoms with Gasteiger partial charge in [0.15, 0.2) is 0 Å². The van der Waals surface area contributed by atoms with Gasteiger partial charge < -0.3 is 10.3 Å². The molecule has 3 rings (SSSR count). The number of rotatable bonds is 2. The van der Waals surface area contributed by atoms with Crippen LogP contribution in [0.2, 0.25) is 5.02 Å². The van der Waals surface area contributed by atoms with Crippen molar-refractivity contribution in [3.8, 4) is 6.07 Å². The summed E-state index contributed by atoms with van der Waals surface area (Å²) in [7, 11) is 0. The van der Waals surface area contributed by atoms with E-state index in [0.717, 1.165) is 16.6 Å². The van der Waals surface area contributed by atoms with Crippen LogP contribution in [0.1, 0.15) is 24.1 Å². The molecule has 4 nitrogen and oxygen atoms in total. The van der Waals surface area contributed by atoms with E-state index in [9.17, 15) is 0 Å². The Kier molecular flexibility index (Phi) is 3.28. The first kappa shape index (κ1) is 13.5. The van der Waals surface area contributed by atoms with Crippen LogP contribution in [-0.4, -0.2) is 9.55 Å². The maximum Gasteiger partial charge on any atom is 0.201 e. The molecule has 21 heavy (non-hydrogen) atoms. The number of halogens is 1. The summed E-state index contributed by atoms with van der Waals surface area (Å²) < 4.78 is 1.92. The summed E-state index contributed by atoms with van der Waals surface area (Å²) in [4.78, 5) is 4.36. The van der Waals surface area contributed by atoms with Crippen LogP contribution < -0.4 is 5.73 Å². The summed E-state index contributed by atoms with van der Waals surface area (Å²) in [5.74, 6) is 0.424. The molecule has 104 valence electrons. The Morgan fingerprint density at radius 3 is 2.81 bits per heavy atom. The number of nitrogens with zero attached hydrogens (tertiary/aromatic N) is 3. The molecular formula is C16H13ClN4. The highest BCUT2D eigenvalue weighted by molar-refractivity contribution is 6.30. The molecule has 0 radical (unpaired) electrons. The van der Waals surface area contributed by atoms with Crippen LogP contribution in [0.25, 0.3) is 11.0 Å². The highest BCUT2D eigenvalue weighted by Gasteiger charge is 2.16. The van der Waals surface area contributed by atoms with Crippen molar-refractivity contribution in [3.63, 3.8) is 0 Å². The smallest absolute Gasteiger partial charge is 0.201 e. The zero-order valence-electron chi connectivity index (χ0n) is 11.4. The minimum absolute atomic E-state index is 0.0253. The second kappa shape index (κ2) is 5.12. The molecule has 3 aromatic rings. The second-order valence-electron chi connectivity index (χ2n) is 4.89. The molecule has 2 aromatic carbocycles. The lowest BCUT2D eigenvalue weighted by Crippen LogP contribution is -2.10. The fraction of sp³-hybridized carbons (Fsp3) is 0.125. The number of benzene rings is 2. The monoisotopic (exact) mass is 296 g/mol. The Morgan fingerprint density at radius 1 is 1.29 bits per heavy atom. The lowest BCUT2D eigenvalue weighted by molar-refractivity contribution is 0.668. The maximum absolute atomic E-state index is 9.06. The van der Waals surface area contributed by atoms with E-state index in [1.54, 1.807) is 12.1 Å². The van der Waals surface area contributed by atoms with Crippen LogP contribution in [0.4, 0.5) is 5.95 Å². The van der Waals surface area contributed by atoms with Gasteiger partial charge in [0.25, 0.3) is 0 Å². The number of imidazole rings is 1. The molecule has 1 unspecified atom stereocenters. The third kappa shape index (κ3) is 2.32. The minimum atomic E-state index is -0.0253. The van der Waals surface area contributed by atoms with Crippen LogP contribution in [0.5, 0.6) is 0 Å². The number of anilines is 1. The highest BCUT2D eigenvalue weighted by atomic mass is 35.5. The second-order valence-corrected chi connectivity index (χ2v) is 5.32. The average molecular weight is 297 g/mol. The topological polar surface area (TPSA) is 67.6 Å². The standard InChI is InChI=1S/C16H13ClN4/c1-10(12-3-2-4-13(17)8-12)21-15-7-11(9-18)5-6-14(15)20-16(21)19/h2-8,10H,1H3,(H2,19,20). The van der Waals surface area contributed by atoms with E-state index in [2.05, 4.69) is 11.1 Å². The van der Waals surface area contributed by atoms with Crippen LogP contribution in [0, 0.1) is 11.3 Å². The molecule has 1 atom stereocenters. The van der Waals surface area contributed by atoms with Gasteiger partial charge >= 0.3 is 0 Å². The van der Waals surface area contributed by atoms with Crippen LogP contribution in [0.3, 0.4) is 0 Å². The molecule has 2 N–H and O–H groups in total. The van der Waals surface area contributed by atoms with Crippen molar-refractivity contribution in [1.82, 2.24) is 9.55 Å². The van der Waals surface area contributed by atoms with Crippen molar-refractivity contribution < 1.29 is 0 Å². The number of hydrogen-bond acceptors (Lipinski definition) is 3. The fourth-order valence-corrected chi connectivity index (χ4v) is 2.70. The number of nitriles is 1. The van der Waals surface area contributed by atoms with Gasteiger partial charge in [-0.2, -0.15) is 5.26 Å². The first-order valence-corrected chi connectivity index (χ1v) is 6.91. The minimum Gasteiger partial charge on any atom is -0.369 e. The maximum atomic E-state index is 9.06. The van der Waals surface area contributed by atoms with Gasteiger partial charge in [0.1, 0.15) is 0 Å². The average Bonchev–Trinajstić information content (AvgIpc) is 2.81. The molecule has 1 heterocycles. The molecule has 0 aliphatic heterocycles. The molecule has 0 aliphatic rings. The van der Waals surface area contributed by atoms with Gasteiger partial charge in [-0.15, -0.1) is 0 Å². The summed E-state index contributed by atoms with van der Waals surface area (Å²) in [6.07, 6.45) is 0. The van der Waals surface area contributed by atoms with E-state index in [1.807, 2.05) is 41.8 Å². The number of fused-ring (bicyclic) bond motifs is 1. The van der Waals surface area contributed by atoms with E-state index >= 15 is 0 Å². The summed E-state index contributed by atoms with van der Waals surface area (Å²) in [5.41, 5.74) is 9.30. The van der Waals surface area contributed by atoms with Gasteiger partial charge in [0, 0.05) is 5.02 Å². The lowest BCUT2D eigenvalue weighted by Gasteiger charge is -2.16. The molecule has 0 saturated heterocycles. The van der Waals surface area contributed by atoms with E-state index in [1.165, 1.54) is 0 Å². The third-order valence-corrected chi connectivity index (χ3v) is 3.80. The van der Waals surface area contributed by atoms with Gasteiger partial charge in [-0.25, -0.2) is 4.98 Å². The number of nitrogens with two attached hydrogens (primary N) is 1. The number of nitrogen functional groups attached to an aromatic ring is 1. The first-order valence-electron chi connectivity index (χ1n) is 6.53. The van der Waals surface area contributed by atoms with Crippen molar-refractivity contribution in [3.05, 3.63) is 58.6 Å². The summed E-state index contributed by atoms with van der Waals surface area (Å²) in [5, 5.41) is 9.74. The Bertz CT molecular complexity index is 860. The zero-order valence-corrected chi connectivity index (χ0v) is 12.2. The summed E-state index contributed by atoms with van der Waals surface area (Å²) in [6, 6.07) is 15.1. The molecule has 1 aromatic heterocycles. The Hall–Kier alpha value is -2.51.